The molecule has 3 amide bonds. The number of methoxy groups -OCH3 is 1. The highest BCUT2D eigenvalue weighted by atomic mass is 32.2. The molecule has 32 heavy (non-hydrogen) atoms. The van der Waals surface area contributed by atoms with Crippen molar-refractivity contribution in [2.24, 2.45) is 0 Å². The molecule has 0 aromatic heterocycles. The van der Waals surface area contributed by atoms with Crippen molar-refractivity contribution < 1.29 is 29.0 Å². The van der Waals surface area contributed by atoms with Crippen molar-refractivity contribution in [1.82, 2.24) is 4.90 Å². The average molecular weight is 469 g/mol. The SMILES string of the molecule is COc1ccc(/C=C2\SC(=S)N(C3CC(=O)N(c4ccc(C(=O)O)cc4)C3=O)C2=O)cc1. The topological polar surface area (TPSA) is 104 Å². The molecule has 8 nitrogen and oxygen atoms in total. The number of thioether (sulfide) groups is 1. The number of aromatic carboxylic acids is 1. The maximum absolute atomic E-state index is 13.0. The normalized spacial score (nSPS) is 19.9. The van der Waals surface area contributed by atoms with E-state index in [1.54, 1.807) is 37.5 Å². The van der Waals surface area contributed by atoms with Crippen LogP contribution in [0.4, 0.5) is 5.69 Å². The third-order valence-electron chi connectivity index (χ3n) is 5.04. The molecule has 0 spiro atoms. The molecule has 0 bridgehead atoms. The Hall–Kier alpha value is -3.50. The quantitative estimate of drug-likeness (QED) is 0.406. The molecule has 2 aliphatic rings. The Labute approximate surface area is 192 Å². The molecule has 1 atom stereocenters. The summed E-state index contributed by atoms with van der Waals surface area (Å²) < 4.78 is 5.32. The molecule has 2 aliphatic heterocycles. The van der Waals surface area contributed by atoms with Gasteiger partial charge in [-0.1, -0.05) is 36.1 Å². The van der Waals surface area contributed by atoms with Gasteiger partial charge in [0.1, 0.15) is 16.1 Å². The Kier molecular flexibility index (Phi) is 5.81. The minimum Gasteiger partial charge on any atom is -0.497 e. The summed E-state index contributed by atoms with van der Waals surface area (Å²) >= 11 is 6.41. The molecule has 2 heterocycles. The molecule has 10 heteroatoms. The molecule has 1 unspecified atom stereocenters. The summed E-state index contributed by atoms with van der Waals surface area (Å²) in [7, 11) is 1.56. The fourth-order valence-electron chi connectivity index (χ4n) is 3.44. The standard InChI is InChI=1S/C22H16N2O6S2/c1-30-15-8-2-12(3-9-15)10-17-20(27)24(22(31)32-17)16-11-18(25)23(19(16)26)14-6-4-13(5-7-14)21(28)29/h2-10,16H,11H2,1H3,(H,28,29)/b17-10-. The van der Waals surface area contributed by atoms with E-state index in [4.69, 9.17) is 22.1 Å². The second-order valence-corrected chi connectivity index (χ2v) is 8.64. The first kappa shape index (κ1) is 21.7. The van der Waals surface area contributed by atoms with E-state index >= 15 is 0 Å². The van der Waals surface area contributed by atoms with Gasteiger partial charge in [-0.15, -0.1) is 0 Å². The fraction of sp³-hybridized carbons (Fsp3) is 0.136. The maximum atomic E-state index is 13.0. The molecule has 0 aliphatic carbocycles. The first-order valence-corrected chi connectivity index (χ1v) is 10.6. The summed E-state index contributed by atoms with van der Waals surface area (Å²) in [4.78, 5) is 52.2. The van der Waals surface area contributed by atoms with E-state index in [9.17, 15) is 19.2 Å². The van der Waals surface area contributed by atoms with E-state index < -0.39 is 29.7 Å². The van der Waals surface area contributed by atoms with Crippen LogP contribution in [0.25, 0.3) is 6.08 Å². The number of nitrogens with zero attached hydrogens (tertiary/aromatic N) is 2. The number of amides is 3. The second-order valence-electron chi connectivity index (χ2n) is 6.96. The highest BCUT2D eigenvalue weighted by molar-refractivity contribution is 8.26. The summed E-state index contributed by atoms with van der Waals surface area (Å²) in [5, 5.41) is 9.03. The van der Waals surface area contributed by atoms with E-state index in [0.717, 1.165) is 22.2 Å². The van der Waals surface area contributed by atoms with Crippen LogP contribution < -0.4 is 9.64 Å². The van der Waals surface area contributed by atoms with Crippen molar-refractivity contribution in [3.8, 4) is 5.75 Å². The summed E-state index contributed by atoms with van der Waals surface area (Å²) in [5.74, 6) is -1.95. The van der Waals surface area contributed by atoms with Gasteiger partial charge in [0, 0.05) is 0 Å². The van der Waals surface area contributed by atoms with Gasteiger partial charge in [0.05, 0.1) is 29.7 Å². The molecule has 2 saturated heterocycles. The van der Waals surface area contributed by atoms with Crippen LogP contribution in [0.3, 0.4) is 0 Å². The number of carboxylic acids is 1. The van der Waals surface area contributed by atoms with Crippen molar-refractivity contribution in [2.75, 3.05) is 12.0 Å². The maximum Gasteiger partial charge on any atom is 0.335 e. The largest absolute Gasteiger partial charge is 0.497 e. The van der Waals surface area contributed by atoms with Crippen LogP contribution in [-0.4, -0.2) is 51.2 Å². The Morgan fingerprint density at radius 3 is 2.38 bits per heavy atom. The van der Waals surface area contributed by atoms with Crippen molar-refractivity contribution in [2.45, 2.75) is 12.5 Å². The first-order chi connectivity index (χ1) is 15.3. The van der Waals surface area contributed by atoms with Crippen molar-refractivity contribution in [3.05, 3.63) is 64.6 Å². The van der Waals surface area contributed by atoms with Crippen LogP contribution in [0, 0.1) is 0 Å². The number of ether oxygens (including phenoxy) is 1. The minimum atomic E-state index is -1.12. The first-order valence-electron chi connectivity index (χ1n) is 9.41. The molecule has 0 radical (unpaired) electrons. The average Bonchev–Trinajstić information content (AvgIpc) is 3.22. The number of hydrogen-bond acceptors (Lipinski definition) is 7. The lowest BCUT2D eigenvalue weighted by molar-refractivity contribution is -0.129. The Morgan fingerprint density at radius 1 is 1.12 bits per heavy atom. The van der Waals surface area contributed by atoms with Gasteiger partial charge < -0.3 is 9.84 Å². The zero-order chi connectivity index (χ0) is 23.0. The Morgan fingerprint density at radius 2 is 1.78 bits per heavy atom. The summed E-state index contributed by atoms with van der Waals surface area (Å²) in [6.45, 7) is 0. The molecule has 2 aromatic carbocycles. The number of rotatable bonds is 5. The van der Waals surface area contributed by atoms with Gasteiger partial charge in [-0.3, -0.25) is 19.3 Å². The Bertz CT molecular complexity index is 1170. The lowest BCUT2D eigenvalue weighted by Crippen LogP contribution is -2.44. The number of carboxylic acid groups (broad SMARTS) is 1. The molecular weight excluding hydrogens is 452 g/mol. The zero-order valence-corrected chi connectivity index (χ0v) is 18.3. The Balaban J connectivity index is 1.56. The van der Waals surface area contributed by atoms with Gasteiger partial charge in [0.25, 0.3) is 11.8 Å². The van der Waals surface area contributed by atoms with Crippen LogP contribution in [-0.2, 0) is 14.4 Å². The van der Waals surface area contributed by atoms with E-state index in [1.807, 2.05) is 0 Å². The van der Waals surface area contributed by atoms with E-state index in [-0.39, 0.29) is 22.0 Å². The number of carbonyl (C=O) groups excluding carboxylic acids is 3. The zero-order valence-electron chi connectivity index (χ0n) is 16.7. The van der Waals surface area contributed by atoms with Gasteiger partial charge >= 0.3 is 5.97 Å². The van der Waals surface area contributed by atoms with Gasteiger partial charge in [0.15, 0.2) is 0 Å². The predicted molar refractivity (Wildman–Crippen MR) is 122 cm³/mol. The van der Waals surface area contributed by atoms with Crippen molar-refractivity contribution >= 4 is 63.8 Å². The third kappa shape index (κ3) is 3.90. The molecular formula is C22H16N2O6S2. The number of thiocarbonyl (C=S) groups is 1. The molecule has 162 valence electrons. The van der Waals surface area contributed by atoms with Crippen molar-refractivity contribution in [3.63, 3.8) is 0 Å². The number of anilines is 1. The number of benzene rings is 2. The summed E-state index contributed by atoms with van der Waals surface area (Å²) in [6.07, 6.45) is 1.46. The lowest BCUT2D eigenvalue weighted by Gasteiger charge is -2.21. The smallest absolute Gasteiger partial charge is 0.335 e. The number of carbonyl (C=O) groups is 4. The summed E-state index contributed by atoms with van der Waals surface area (Å²) in [6, 6.07) is 11.4. The fourth-order valence-corrected chi connectivity index (χ4v) is 4.80. The number of hydrogen-bond donors (Lipinski definition) is 1. The van der Waals surface area contributed by atoms with Gasteiger partial charge in [-0.05, 0) is 48.0 Å². The highest BCUT2D eigenvalue weighted by Crippen LogP contribution is 2.37. The van der Waals surface area contributed by atoms with Gasteiger partial charge in [-0.25, -0.2) is 9.69 Å². The van der Waals surface area contributed by atoms with Crippen LogP contribution in [0.2, 0.25) is 0 Å². The van der Waals surface area contributed by atoms with Crippen LogP contribution in [0.5, 0.6) is 5.75 Å². The van der Waals surface area contributed by atoms with Gasteiger partial charge in [-0.2, -0.15) is 0 Å². The molecule has 0 saturated carbocycles. The monoisotopic (exact) mass is 468 g/mol. The molecule has 4 rings (SSSR count). The van der Waals surface area contributed by atoms with E-state index in [1.165, 1.54) is 29.2 Å². The van der Waals surface area contributed by atoms with Crippen LogP contribution in [0.15, 0.2) is 53.4 Å². The van der Waals surface area contributed by atoms with Crippen molar-refractivity contribution in [1.29, 1.82) is 0 Å². The van der Waals surface area contributed by atoms with Crippen LogP contribution in [0.1, 0.15) is 22.3 Å². The minimum absolute atomic E-state index is 0.0324. The predicted octanol–water partition coefficient (Wildman–Crippen LogP) is 2.93. The lowest BCUT2D eigenvalue weighted by atomic mass is 10.2. The molecule has 2 aromatic rings. The van der Waals surface area contributed by atoms with E-state index in [2.05, 4.69) is 0 Å². The highest BCUT2D eigenvalue weighted by Gasteiger charge is 2.48. The third-order valence-corrected chi connectivity index (χ3v) is 6.37. The summed E-state index contributed by atoms with van der Waals surface area (Å²) in [5.41, 5.74) is 1.04. The molecule has 2 fully saturated rings. The van der Waals surface area contributed by atoms with E-state index in [0.29, 0.717) is 10.7 Å². The molecule has 1 N–H and O–H groups in total. The van der Waals surface area contributed by atoms with Crippen LogP contribution >= 0.6 is 24.0 Å². The number of imide groups is 1. The second kappa shape index (κ2) is 8.56. The van der Waals surface area contributed by atoms with Gasteiger partial charge in [0.2, 0.25) is 5.91 Å².